The first-order valence-electron chi connectivity index (χ1n) is 4.07. The number of carbonyl (C=O) groups is 3. The summed E-state index contributed by atoms with van der Waals surface area (Å²) in [6.07, 6.45) is 0.774. The highest BCUT2D eigenvalue weighted by atomic mass is 16.2. The van der Waals surface area contributed by atoms with Crippen LogP contribution in [0.25, 0.3) is 0 Å². The van der Waals surface area contributed by atoms with Crippen molar-refractivity contribution >= 4 is 18.2 Å². The monoisotopic (exact) mass is 184 g/mol. The number of carbonyl (C=O) groups excluding carboxylic acids is 3. The number of urea groups is 1. The average molecular weight is 184 g/mol. The van der Waals surface area contributed by atoms with Crippen molar-refractivity contribution in [3.05, 3.63) is 0 Å². The van der Waals surface area contributed by atoms with Crippen molar-refractivity contribution in [3.63, 3.8) is 0 Å². The Balaban J connectivity index is 2.59. The van der Waals surface area contributed by atoms with Crippen LogP contribution in [0.5, 0.6) is 0 Å². The maximum Gasteiger partial charge on any atom is 0.326 e. The fraction of sp³-hybridized carbons (Fsp3) is 0.625. The Hall–Kier alpha value is -1.39. The highest BCUT2D eigenvalue weighted by Crippen LogP contribution is 2.09. The summed E-state index contributed by atoms with van der Waals surface area (Å²) in [5.41, 5.74) is 0. The highest BCUT2D eigenvalue weighted by Gasteiger charge is 2.33. The van der Waals surface area contributed by atoms with Crippen LogP contribution in [0.4, 0.5) is 4.79 Å². The van der Waals surface area contributed by atoms with E-state index in [0.29, 0.717) is 6.54 Å². The molecule has 0 aromatic heterocycles. The third-order valence-electron chi connectivity index (χ3n) is 2.00. The van der Waals surface area contributed by atoms with E-state index in [4.69, 9.17) is 0 Å². The molecule has 5 heteroatoms. The molecule has 1 atom stereocenters. The van der Waals surface area contributed by atoms with Crippen LogP contribution in [0, 0.1) is 5.92 Å². The molecule has 1 rings (SSSR count). The van der Waals surface area contributed by atoms with Gasteiger partial charge in [-0.25, -0.2) is 4.79 Å². The summed E-state index contributed by atoms with van der Waals surface area (Å²) < 4.78 is 0. The van der Waals surface area contributed by atoms with Crippen LogP contribution < -0.4 is 0 Å². The van der Waals surface area contributed by atoms with Crippen LogP contribution in [0.2, 0.25) is 0 Å². The maximum atomic E-state index is 11.3. The summed E-state index contributed by atoms with van der Waals surface area (Å²) in [6, 6.07) is -0.321. The minimum absolute atomic E-state index is 0.0908. The highest BCUT2D eigenvalue weighted by molar-refractivity contribution is 6.01. The molecule has 5 nitrogen and oxygen atoms in total. The van der Waals surface area contributed by atoms with Crippen molar-refractivity contribution < 1.29 is 14.4 Å². The van der Waals surface area contributed by atoms with Crippen LogP contribution in [-0.2, 0) is 9.59 Å². The van der Waals surface area contributed by atoms with Crippen molar-refractivity contribution in [1.82, 2.24) is 9.80 Å². The first-order chi connectivity index (χ1) is 6.06. The quantitative estimate of drug-likeness (QED) is 0.447. The molecule has 0 spiro atoms. The van der Waals surface area contributed by atoms with Crippen molar-refractivity contribution in [2.24, 2.45) is 5.92 Å². The van der Waals surface area contributed by atoms with E-state index in [2.05, 4.69) is 0 Å². The zero-order valence-electron chi connectivity index (χ0n) is 7.69. The van der Waals surface area contributed by atoms with E-state index in [1.807, 2.05) is 0 Å². The van der Waals surface area contributed by atoms with E-state index in [0.717, 1.165) is 11.2 Å². The Morgan fingerprint density at radius 2 is 2.15 bits per heavy atom. The van der Waals surface area contributed by atoms with Gasteiger partial charge in [-0.3, -0.25) is 9.69 Å². The number of rotatable bonds is 3. The Kier molecular flexibility index (Phi) is 2.65. The molecule has 0 aromatic rings. The third kappa shape index (κ3) is 1.85. The molecule has 13 heavy (non-hydrogen) atoms. The molecule has 1 aliphatic heterocycles. The van der Waals surface area contributed by atoms with Crippen LogP contribution in [-0.4, -0.2) is 48.2 Å². The molecule has 1 fully saturated rings. The molecule has 72 valence electrons. The second-order valence-corrected chi connectivity index (χ2v) is 3.23. The van der Waals surface area contributed by atoms with Crippen molar-refractivity contribution in [2.45, 2.75) is 6.92 Å². The van der Waals surface area contributed by atoms with E-state index in [-0.39, 0.29) is 24.4 Å². The van der Waals surface area contributed by atoms with Gasteiger partial charge in [-0.05, 0) is 0 Å². The Bertz CT molecular complexity index is 252. The number of imide groups is 1. The minimum Gasteiger partial charge on any atom is -0.314 e. The van der Waals surface area contributed by atoms with Gasteiger partial charge >= 0.3 is 6.03 Å². The molecule has 1 heterocycles. The first kappa shape index (κ1) is 9.70. The molecule has 0 bridgehead atoms. The predicted molar refractivity (Wildman–Crippen MR) is 45.0 cm³/mol. The molecule has 0 aliphatic carbocycles. The predicted octanol–water partition coefficient (Wildman–Crippen LogP) is -0.285. The van der Waals surface area contributed by atoms with E-state index in [1.165, 1.54) is 11.9 Å². The smallest absolute Gasteiger partial charge is 0.314 e. The number of aldehydes is 1. The van der Waals surface area contributed by atoms with E-state index < -0.39 is 0 Å². The molecule has 1 aliphatic rings. The lowest BCUT2D eigenvalue weighted by Crippen LogP contribution is -2.33. The Labute approximate surface area is 76.3 Å². The largest absolute Gasteiger partial charge is 0.326 e. The zero-order chi connectivity index (χ0) is 10.0. The number of nitrogens with zero attached hydrogens (tertiary/aromatic N) is 2. The van der Waals surface area contributed by atoms with E-state index in [1.54, 1.807) is 6.92 Å². The summed E-state index contributed by atoms with van der Waals surface area (Å²) in [5, 5.41) is 0. The fourth-order valence-electron chi connectivity index (χ4n) is 1.19. The van der Waals surface area contributed by atoms with Gasteiger partial charge in [0.25, 0.3) is 0 Å². The van der Waals surface area contributed by atoms with E-state index >= 15 is 0 Å². The van der Waals surface area contributed by atoms with Gasteiger partial charge in [-0.1, -0.05) is 6.92 Å². The molecule has 3 amide bonds. The fourth-order valence-corrected chi connectivity index (χ4v) is 1.19. The van der Waals surface area contributed by atoms with Crippen LogP contribution in [0.15, 0.2) is 0 Å². The van der Waals surface area contributed by atoms with Gasteiger partial charge in [0.15, 0.2) is 0 Å². The SMILES string of the molecule is CC(C=O)CN1CC(=O)N(C)C1=O. The van der Waals surface area contributed by atoms with Gasteiger partial charge in [0.2, 0.25) is 5.91 Å². The van der Waals surface area contributed by atoms with Gasteiger partial charge in [-0.2, -0.15) is 0 Å². The molecule has 0 N–H and O–H groups in total. The Morgan fingerprint density at radius 1 is 1.54 bits per heavy atom. The van der Waals surface area contributed by atoms with Gasteiger partial charge in [-0.15, -0.1) is 0 Å². The van der Waals surface area contributed by atoms with Gasteiger partial charge < -0.3 is 9.69 Å². The van der Waals surface area contributed by atoms with E-state index in [9.17, 15) is 14.4 Å². The minimum atomic E-state index is -0.321. The van der Waals surface area contributed by atoms with Crippen LogP contribution in [0.3, 0.4) is 0 Å². The van der Waals surface area contributed by atoms with Crippen molar-refractivity contribution in [3.8, 4) is 0 Å². The molecular formula is C8H12N2O3. The molecule has 0 radical (unpaired) electrons. The lowest BCUT2D eigenvalue weighted by molar-refractivity contribution is -0.124. The Morgan fingerprint density at radius 3 is 2.54 bits per heavy atom. The number of hydrogen-bond donors (Lipinski definition) is 0. The zero-order valence-corrected chi connectivity index (χ0v) is 7.69. The molecule has 0 aromatic carbocycles. The molecular weight excluding hydrogens is 172 g/mol. The normalized spacial score (nSPS) is 19.5. The lowest BCUT2D eigenvalue weighted by atomic mass is 10.2. The maximum absolute atomic E-state index is 11.3. The second kappa shape index (κ2) is 3.55. The summed E-state index contributed by atoms with van der Waals surface area (Å²) in [6.45, 7) is 2.12. The number of amides is 3. The average Bonchev–Trinajstić information content (AvgIpc) is 2.34. The first-order valence-corrected chi connectivity index (χ1v) is 4.07. The van der Waals surface area contributed by atoms with Crippen molar-refractivity contribution in [1.29, 1.82) is 0 Å². The standard InChI is InChI=1S/C8H12N2O3/c1-6(5-11)3-10-4-7(12)9(2)8(10)13/h5-6H,3-4H2,1-2H3. The van der Waals surface area contributed by atoms with Gasteiger partial charge in [0, 0.05) is 19.5 Å². The van der Waals surface area contributed by atoms with Crippen LogP contribution >= 0.6 is 0 Å². The van der Waals surface area contributed by atoms with Crippen LogP contribution in [0.1, 0.15) is 6.92 Å². The number of hydrogen-bond acceptors (Lipinski definition) is 3. The topological polar surface area (TPSA) is 57.7 Å². The molecule has 1 saturated heterocycles. The van der Waals surface area contributed by atoms with Gasteiger partial charge in [0.05, 0.1) is 0 Å². The third-order valence-corrected chi connectivity index (χ3v) is 2.00. The lowest BCUT2D eigenvalue weighted by Gasteiger charge is -2.15. The number of likely N-dealkylation sites (N-methyl/N-ethyl adjacent to an activating group) is 1. The molecule has 1 unspecified atom stereocenters. The summed E-state index contributed by atoms with van der Waals surface area (Å²) in [5.74, 6) is -0.439. The van der Waals surface area contributed by atoms with Gasteiger partial charge in [0.1, 0.15) is 12.8 Å². The summed E-state index contributed by atoms with van der Waals surface area (Å²) in [7, 11) is 1.44. The molecule has 0 saturated carbocycles. The summed E-state index contributed by atoms with van der Waals surface area (Å²) in [4.78, 5) is 35.1. The summed E-state index contributed by atoms with van der Waals surface area (Å²) >= 11 is 0. The second-order valence-electron chi connectivity index (χ2n) is 3.23. The van der Waals surface area contributed by atoms with Crippen molar-refractivity contribution in [2.75, 3.05) is 20.1 Å².